The summed E-state index contributed by atoms with van der Waals surface area (Å²) in [4.78, 5) is 36.8. The van der Waals surface area contributed by atoms with E-state index in [2.05, 4.69) is 67.7 Å². The molecule has 1 aliphatic rings. The molecular formula is C24H44N2O7Si2. The summed E-state index contributed by atoms with van der Waals surface area (Å²) in [5.41, 5.74) is -1.04. The molecule has 3 unspecified atom stereocenters. The van der Waals surface area contributed by atoms with Gasteiger partial charge in [0.15, 0.2) is 16.6 Å². The minimum atomic E-state index is -2.16. The monoisotopic (exact) mass is 528 g/mol. The van der Waals surface area contributed by atoms with Crippen LogP contribution in [-0.4, -0.2) is 55.7 Å². The smallest absolute Gasteiger partial charge is 0.333 e. The second-order valence-corrected chi connectivity index (χ2v) is 22.2. The lowest BCUT2D eigenvalue weighted by molar-refractivity contribution is -0.137. The maximum atomic E-state index is 13.1. The highest BCUT2D eigenvalue weighted by Gasteiger charge is 2.46. The highest BCUT2D eigenvalue weighted by molar-refractivity contribution is 6.74. The van der Waals surface area contributed by atoms with Gasteiger partial charge >= 0.3 is 11.7 Å². The Hall–Kier alpha value is -1.54. The maximum absolute atomic E-state index is 13.1. The molecule has 3 atom stereocenters. The van der Waals surface area contributed by atoms with Crippen molar-refractivity contribution in [2.75, 3.05) is 6.61 Å². The fraction of sp³-hybridized carbons (Fsp3) is 0.792. The Bertz CT molecular complexity index is 1050. The summed E-state index contributed by atoms with van der Waals surface area (Å²) in [6, 6.07) is 0. The first-order chi connectivity index (χ1) is 15.7. The number of aromatic nitrogens is 2. The van der Waals surface area contributed by atoms with Crippen LogP contribution in [0.15, 0.2) is 15.8 Å². The third kappa shape index (κ3) is 6.62. The largest absolute Gasteiger partial charge is 0.480 e. The number of aliphatic carboxylic acids is 1. The number of rotatable bonds is 8. The van der Waals surface area contributed by atoms with E-state index in [4.69, 9.17) is 13.6 Å². The minimum absolute atomic E-state index is 0.0158. The summed E-state index contributed by atoms with van der Waals surface area (Å²) in [6.45, 7) is 23.0. The van der Waals surface area contributed by atoms with Crippen molar-refractivity contribution in [2.24, 2.45) is 0 Å². The Balaban J connectivity index is 2.44. The van der Waals surface area contributed by atoms with Crippen molar-refractivity contribution >= 4 is 22.6 Å². The molecule has 1 aromatic rings. The summed E-state index contributed by atoms with van der Waals surface area (Å²) in [5.74, 6) is -1.26. The summed E-state index contributed by atoms with van der Waals surface area (Å²) in [6.07, 6.45) is 0.481. The molecule has 0 spiro atoms. The van der Waals surface area contributed by atoms with E-state index in [9.17, 15) is 19.5 Å². The first-order valence-corrected chi connectivity index (χ1v) is 18.0. The highest BCUT2D eigenvalue weighted by Crippen LogP contribution is 2.42. The zero-order chi connectivity index (χ0) is 27.1. The molecule has 11 heteroatoms. The number of carbonyl (C=O) groups is 1. The summed E-state index contributed by atoms with van der Waals surface area (Å²) < 4.78 is 21.6. The van der Waals surface area contributed by atoms with E-state index >= 15 is 0 Å². The molecule has 0 amide bonds. The molecule has 1 aromatic heterocycles. The van der Waals surface area contributed by atoms with E-state index in [1.54, 1.807) is 6.92 Å². The third-order valence-corrected chi connectivity index (χ3v) is 16.8. The molecule has 1 aliphatic heterocycles. The number of nitrogens with zero attached hydrogens (tertiary/aromatic N) is 2. The van der Waals surface area contributed by atoms with Gasteiger partial charge < -0.3 is 18.7 Å². The van der Waals surface area contributed by atoms with Gasteiger partial charge in [0, 0.05) is 18.2 Å². The van der Waals surface area contributed by atoms with Crippen LogP contribution in [0.5, 0.6) is 0 Å². The number of hydrogen-bond donors (Lipinski definition) is 1. The van der Waals surface area contributed by atoms with Crippen LogP contribution in [0.1, 0.15) is 59.8 Å². The van der Waals surface area contributed by atoms with Crippen molar-refractivity contribution in [3.8, 4) is 0 Å². The minimum Gasteiger partial charge on any atom is -0.480 e. The molecule has 1 fully saturated rings. The topological polar surface area (TPSA) is 109 Å². The van der Waals surface area contributed by atoms with Crippen molar-refractivity contribution in [1.82, 2.24) is 9.13 Å². The van der Waals surface area contributed by atoms with Gasteiger partial charge in [-0.1, -0.05) is 41.5 Å². The molecular weight excluding hydrogens is 484 g/mol. The van der Waals surface area contributed by atoms with Crippen molar-refractivity contribution in [3.63, 3.8) is 0 Å². The summed E-state index contributed by atoms with van der Waals surface area (Å²) in [7, 11) is -4.22. The molecule has 2 heterocycles. The molecule has 1 N–H and O–H groups in total. The van der Waals surface area contributed by atoms with E-state index < -0.39 is 52.7 Å². The zero-order valence-electron chi connectivity index (χ0n) is 23.2. The van der Waals surface area contributed by atoms with Crippen LogP contribution in [-0.2, 0) is 24.9 Å². The lowest BCUT2D eigenvalue weighted by Crippen LogP contribution is -2.48. The van der Waals surface area contributed by atoms with Crippen LogP contribution in [0.4, 0.5) is 0 Å². The number of carboxylic acids is 1. The lowest BCUT2D eigenvalue weighted by Gasteiger charge is -2.40. The number of ether oxygens (including phenoxy) is 1. The molecule has 0 aliphatic carbocycles. The fourth-order valence-electron chi connectivity index (χ4n) is 3.45. The average Bonchev–Trinajstić information content (AvgIpc) is 3.06. The number of carboxylic acid groups (broad SMARTS) is 1. The van der Waals surface area contributed by atoms with Crippen molar-refractivity contribution in [1.29, 1.82) is 0 Å². The van der Waals surface area contributed by atoms with Crippen LogP contribution in [0.3, 0.4) is 0 Å². The average molecular weight is 529 g/mol. The summed E-state index contributed by atoms with van der Waals surface area (Å²) >= 11 is 0. The molecule has 0 aromatic carbocycles. The first kappa shape index (κ1) is 29.7. The van der Waals surface area contributed by atoms with E-state index in [1.807, 2.05) is 0 Å². The van der Waals surface area contributed by atoms with E-state index in [-0.39, 0.29) is 21.7 Å². The van der Waals surface area contributed by atoms with Crippen molar-refractivity contribution in [2.45, 2.75) is 116 Å². The van der Waals surface area contributed by atoms with E-state index in [0.29, 0.717) is 13.0 Å². The summed E-state index contributed by atoms with van der Waals surface area (Å²) in [5, 5.41) is 9.21. The maximum Gasteiger partial charge on any atom is 0.333 e. The van der Waals surface area contributed by atoms with Gasteiger partial charge in [-0.3, -0.25) is 14.2 Å². The van der Waals surface area contributed by atoms with E-state index in [1.165, 1.54) is 10.8 Å². The number of hydrogen-bond acceptors (Lipinski definition) is 6. The Morgan fingerprint density at radius 2 is 1.63 bits per heavy atom. The van der Waals surface area contributed by atoms with Gasteiger partial charge in [-0.05, 0) is 43.2 Å². The molecule has 1 saturated heterocycles. The van der Waals surface area contributed by atoms with Crippen LogP contribution in [0, 0.1) is 6.92 Å². The molecule has 0 saturated carbocycles. The second kappa shape index (κ2) is 10.1. The van der Waals surface area contributed by atoms with Gasteiger partial charge in [0.25, 0.3) is 5.56 Å². The van der Waals surface area contributed by atoms with Crippen LogP contribution in [0.2, 0.25) is 36.3 Å². The lowest BCUT2D eigenvalue weighted by atomic mass is 10.2. The van der Waals surface area contributed by atoms with Crippen LogP contribution >= 0.6 is 0 Å². The predicted molar refractivity (Wildman–Crippen MR) is 141 cm³/mol. The Morgan fingerprint density at radius 3 is 2.11 bits per heavy atom. The molecule has 35 heavy (non-hydrogen) atoms. The highest BCUT2D eigenvalue weighted by atomic mass is 28.4. The Morgan fingerprint density at radius 1 is 1.09 bits per heavy atom. The molecule has 9 nitrogen and oxygen atoms in total. The fourth-order valence-corrected chi connectivity index (χ4v) is 5.82. The molecule has 0 bridgehead atoms. The molecule has 200 valence electrons. The van der Waals surface area contributed by atoms with Gasteiger partial charge in [-0.2, -0.15) is 0 Å². The second-order valence-electron chi connectivity index (χ2n) is 12.6. The van der Waals surface area contributed by atoms with Gasteiger partial charge in [0.1, 0.15) is 18.9 Å². The third-order valence-electron chi connectivity index (χ3n) is 7.82. The normalized spacial score (nSPS) is 22.0. The SMILES string of the molecule is Cc1cn(C2CC(O[Si](C)(C)C(C)(C)C)C(CO[Si](C)(C)C(C)(C)C)O2)c(=O)n(CC(=O)O)c1=O. The van der Waals surface area contributed by atoms with Gasteiger partial charge in [-0.25, -0.2) is 9.36 Å². The first-order valence-electron chi connectivity index (χ1n) is 12.2. The van der Waals surface area contributed by atoms with Crippen molar-refractivity contribution in [3.05, 3.63) is 32.6 Å². The van der Waals surface area contributed by atoms with Gasteiger partial charge in [0.2, 0.25) is 0 Å². The van der Waals surface area contributed by atoms with Crippen LogP contribution in [0.25, 0.3) is 0 Å². The number of aryl methyl sites for hydroxylation is 1. The quantitative estimate of drug-likeness (QED) is 0.506. The van der Waals surface area contributed by atoms with Gasteiger partial charge in [-0.15, -0.1) is 0 Å². The zero-order valence-corrected chi connectivity index (χ0v) is 25.2. The molecule has 2 rings (SSSR count). The van der Waals surface area contributed by atoms with Crippen LogP contribution < -0.4 is 11.2 Å². The van der Waals surface area contributed by atoms with Crippen molar-refractivity contribution < 1.29 is 23.5 Å². The Kier molecular flexibility index (Phi) is 8.55. The van der Waals surface area contributed by atoms with E-state index in [0.717, 1.165) is 4.57 Å². The molecule has 0 radical (unpaired) electrons. The standard InChI is InChI=1S/C24H44N2O7Si2/c1-16-13-25(22(30)26(21(16)29)14-20(27)28)19-12-17(33-35(10,11)24(5,6)7)18(32-19)15-31-34(8,9)23(2,3)4/h13,17-19H,12,14-15H2,1-11H3,(H,27,28). The van der Waals surface area contributed by atoms with Gasteiger partial charge in [0.05, 0.1) is 12.7 Å². The Labute approximate surface area is 210 Å². The predicted octanol–water partition coefficient (Wildman–Crippen LogP) is 4.10.